The van der Waals surface area contributed by atoms with Crippen LogP contribution in [0.4, 0.5) is 0 Å². The van der Waals surface area contributed by atoms with Crippen LogP contribution in [-0.2, 0) is 0 Å². The van der Waals surface area contributed by atoms with E-state index < -0.39 is 0 Å². The average molecular weight is 208 g/mol. The lowest BCUT2D eigenvalue weighted by molar-refractivity contribution is 0.282. The molecule has 0 aliphatic rings. The molecule has 0 aliphatic heterocycles. The molecule has 0 aromatic heterocycles. The van der Waals surface area contributed by atoms with Crippen LogP contribution in [0.3, 0.4) is 0 Å². The Morgan fingerprint density at radius 1 is 0.867 bits per heavy atom. The van der Waals surface area contributed by atoms with Gasteiger partial charge in [0.05, 0.1) is 0 Å². The minimum Gasteiger partial charge on any atom is -0.396 e. The summed E-state index contributed by atoms with van der Waals surface area (Å²) in [6.45, 7) is 4.01. The first-order valence-corrected chi connectivity index (χ1v) is 6.09. The van der Waals surface area contributed by atoms with Crippen molar-refractivity contribution >= 4 is 0 Å². The number of unbranched alkanes of at least 4 members (excludes halogenated alkanes) is 7. The molecule has 0 aliphatic carbocycles. The fraction of sp³-hybridized carbons (Fsp3) is 0.714. The average Bonchev–Trinajstić information content (AvgIpc) is 2.26. The van der Waals surface area contributed by atoms with E-state index in [1.807, 2.05) is 6.08 Å². The third-order valence-corrected chi connectivity index (χ3v) is 2.29. The second-order valence-electron chi connectivity index (χ2n) is 3.78. The Morgan fingerprint density at radius 3 is 2.13 bits per heavy atom. The summed E-state index contributed by atoms with van der Waals surface area (Å²) in [7, 11) is 0. The predicted molar refractivity (Wildman–Crippen MR) is 66.6 cm³/mol. The minimum atomic E-state index is 0.336. The van der Waals surface area contributed by atoms with Gasteiger partial charge >= 0.3 is 0 Å². The molecule has 0 atom stereocenters. The fourth-order valence-corrected chi connectivity index (χ4v) is 1.37. The molecule has 0 amide bonds. The van der Waals surface area contributed by atoms with Crippen molar-refractivity contribution in [1.29, 1.82) is 0 Å². The zero-order valence-corrected chi connectivity index (χ0v) is 9.80. The molecule has 1 N–H and O–H groups in total. The number of allylic oxidation sites excluding steroid dienone is 1. The number of aliphatic hydroxyl groups excluding tert-OH is 1. The Labute approximate surface area is 94.6 Å². The minimum absolute atomic E-state index is 0.336. The molecule has 0 unspecified atom stereocenters. The lowest BCUT2D eigenvalue weighted by Crippen LogP contribution is -1.83. The molecule has 0 aromatic rings. The maximum absolute atomic E-state index is 8.58. The second-order valence-corrected chi connectivity index (χ2v) is 3.78. The summed E-state index contributed by atoms with van der Waals surface area (Å²) in [5.41, 5.74) is 0. The Morgan fingerprint density at radius 2 is 1.47 bits per heavy atom. The Bertz CT molecular complexity index is 185. The van der Waals surface area contributed by atoms with E-state index in [1.165, 1.54) is 19.3 Å². The van der Waals surface area contributed by atoms with Gasteiger partial charge in [-0.05, 0) is 25.7 Å². The van der Waals surface area contributed by atoms with E-state index in [0.717, 1.165) is 38.5 Å². The predicted octanol–water partition coefficient (Wildman–Crippen LogP) is 3.68. The van der Waals surface area contributed by atoms with Gasteiger partial charge in [-0.15, -0.1) is 18.4 Å². The van der Waals surface area contributed by atoms with Gasteiger partial charge in [0.25, 0.3) is 0 Å². The van der Waals surface area contributed by atoms with Gasteiger partial charge < -0.3 is 5.11 Å². The monoisotopic (exact) mass is 208 g/mol. The van der Waals surface area contributed by atoms with Crippen LogP contribution in [-0.4, -0.2) is 11.7 Å². The Balaban J connectivity index is 3.05. The van der Waals surface area contributed by atoms with Crippen molar-refractivity contribution in [1.82, 2.24) is 0 Å². The number of hydrogen-bond donors (Lipinski definition) is 1. The molecule has 1 heteroatoms. The molecule has 0 heterocycles. The molecule has 0 spiro atoms. The zero-order valence-electron chi connectivity index (χ0n) is 9.80. The van der Waals surface area contributed by atoms with Gasteiger partial charge in [-0.2, -0.15) is 0 Å². The highest BCUT2D eigenvalue weighted by molar-refractivity contribution is 4.98. The summed E-state index contributed by atoms with van der Waals surface area (Å²) in [5, 5.41) is 8.58. The van der Waals surface area contributed by atoms with Gasteiger partial charge in [-0.1, -0.05) is 25.3 Å². The molecule has 1 nitrogen and oxygen atoms in total. The maximum atomic E-state index is 8.58. The molecule has 0 radical (unpaired) electrons. The van der Waals surface area contributed by atoms with Crippen molar-refractivity contribution in [3.8, 4) is 11.8 Å². The van der Waals surface area contributed by atoms with Crippen LogP contribution in [0.5, 0.6) is 0 Å². The van der Waals surface area contributed by atoms with Crippen LogP contribution in [0.15, 0.2) is 12.7 Å². The van der Waals surface area contributed by atoms with E-state index >= 15 is 0 Å². The number of hydrogen-bond acceptors (Lipinski definition) is 1. The largest absolute Gasteiger partial charge is 0.396 e. The molecule has 0 saturated heterocycles. The molecular formula is C14H24O. The highest BCUT2D eigenvalue weighted by atomic mass is 16.2. The molecule has 0 aromatic carbocycles. The van der Waals surface area contributed by atoms with E-state index in [2.05, 4.69) is 18.4 Å². The quantitative estimate of drug-likeness (QED) is 0.348. The normalized spacial score (nSPS) is 9.40. The molecule has 0 rings (SSSR count). The molecule has 0 bridgehead atoms. The van der Waals surface area contributed by atoms with E-state index in [4.69, 9.17) is 5.11 Å². The van der Waals surface area contributed by atoms with Crippen LogP contribution in [0, 0.1) is 11.8 Å². The first-order chi connectivity index (χ1) is 7.41. The third kappa shape index (κ3) is 13.3. The van der Waals surface area contributed by atoms with Crippen molar-refractivity contribution in [2.75, 3.05) is 6.61 Å². The van der Waals surface area contributed by atoms with Gasteiger partial charge in [0.15, 0.2) is 0 Å². The van der Waals surface area contributed by atoms with Crippen LogP contribution >= 0.6 is 0 Å². The van der Waals surface area contributed by atoms with Crippen LogP contribution < -0.4 is 0 Å². The highest BCUT2D eigenvalue weighted by Crippen LogP contribution is 2.04. The lowest BCUT2D eigenvalue weighted by atomic mass is 10.1. The smallest absolute Gasteiger partial charge is 0.0431 e. The second kappa shape index (κ2) is 13.3. The van der Waals surface area contributed by atoms with Gasteiger partial charge in [0.2, 0.25) is 0 Å². The van der Waals surface area contributed by atoms with E-state index in [0.29, 0.717) is 6.61 Å². The summed E-state index contributed by atoms with van der Waals surface area (Å²) >= 11 is 0. The van der Waals surface area contributed by atoms with E-state index in [1.54, 1.807) is 0 Å². The van der Waals surface area contributed by atoms with Crippen LogP contribution in [0.2, 0.25) is 0 Å². The fourth-order valence-electron chi connectivity index (χ4n) is 1.37. The van der Waals surface area contributed by atoms with Gasteiger partial charge in [-0.3, -0.25) is 0 Å². The van der Waals surface area contributed by atoms with Crippen molar-refractivity contribution in [2.45, 2.75) is 57.8 Å². The standard InChI is InChI=1S/C14H24O/c1-2-3-4-5-6-7-8-9-10-11-12-13-14-15/h2,15H,1,3-5,8-14H2. The summed E-state index contributed by atoms with van der Waals surface area (Å²) in [4.78, 5) is 0. The van der Waals surface area contributed by atoms with Gasteiger partial charge in [0.1, 0.15) is 0 Å². The van der Waals surface area contributed by atoms with Crippen molar-refractivity contribution < 1.29 is 5.11 Å². The maximum Gasteiger partial charge on any atom is 0.0431 e. The van der Waals surface area contributed by atoms with Crippen LogP contribution in [0.1, 0.15) is 57.8 Å². The number of rotatable bonds is 9. The third-order valence-electron chi connectivity index (χ3n) is 2.29. The van der Waals surface area contributed by atoms with Crippen molar-refractivity contribution in [2.24, 2.45) is 0 Å². The van der Waals surface area contributed by atoms with E-state index in [9.17, 15) is 0 Å². The first-order valence-electron chi connectivity index (χ1n) is 6.09. The van der Waals surface area contributed by atoms with Gasteiger partial charge in [0, 0.05) is 19.4 Å². The molecule has 0 saturated carbocycles. The number of aliphatic hydroxyl groups is 1. The van der Waals surface area contributed by atoms with Gasteiger partial charge in [-0.25, -0.2) is 0 Å². The van der Waals surface area contributed by atoms with E-state index in [-0.39, 0.29) is 0 Å². The summed E-state index contributed by atoms with van der Waals surface area (Å²) in [5.74, 6) is 6.39. The summed E-state index contributed by atoms with van der Waals surface area (Å²) in [6.07, 6.45) is 12.0. The summed E-state index contributed by atoms with van der Waals surface area (Å²) < 4.78 is 0. The summed E-state index contributed by atoms with van der Waals surface area (Å²) in [6, 6.07) is 0. The molecule has 0 fully saturated rings. The zero-order chi connectivity index (χ0) is 11.2. The molecule has 86 valence electrons. The SMILES string of the molecule is C=CCCCC#CCCCCCCCO. The van der Waals surface area contributed by atoms with Crippen LogP contribution in [0.25, 0.3) is 0 Å². The van der Waals surface area contributed by atoms with Crippen molar-refractivity contribution in [3.63, 3.8) is 0 Å². The molecule has 15 heavy (non-hydrogen) atoms. The Kier molecular flexibility index (Phi) is 12.6. The molecular weight excluding hydrogens is 184 g/mol. The highest BCUT2D eigenvalue weighted by Gasteiger charge is 1.88. The lowest BCUT2D eigenvalue weighted by Gasteiger charge is -1.96. The first kappa shape index (κ1) is 14.3. The Hall–Kier alpha value is -0.740. The topological polar surface area (TPSA) is 20.2 Å². The van der Waals surface area contributed by atoms with Crippen molar-refractivity contribution in [3.05, 3.63) is 12.7 Å².